The zero-order valence-electron chi connectivity index (χ0n) is 18.2. The summed E-state index contributed by atoms with van der Waals surface area (Å²) in [6.07, 6.45) is -4.73. The number of halogens is 4. The molecule has 182 valence electrons. The molecule has 35 heavy (non-hydrogen) atoms. The van der Waals surface area contributed by atoms with Gasteiger partial charge in [-0.2, -0.15) is 13.2 Å². The molecule has 1 aromatic heterocycles. The van der Waals surface area contributed by atoms with Crippen molar-refractivity contribution in [2.45, 2.75) is 25.9 Å². The number of nitrogens with zero attached hydrogens (tertiary/aromatic N) is 1. The Morgan fingerprint density at radius 3 is 2.34 bits per heavy atom. The number of carbonyl (C=O) groups excluding carboxylic acids is 2. The number of ketones is 1. The van der Waals surface area contributed by atoms with Gasteiger partial charge >= 0.3 is 12.3 Å². The fourth-order valence-electron chi connectivity index (χ4n) is 3.28. The molecule has 2 amide bonds. The number of hydrogen-bond acceptors (Lipinski definition) is 4. The topological polar surface area (TPSA) is 108 Å². The SMILES string of the molecule is CCc1cc(-c2cccc(C(=O)CC(=O)Nc3cc(C(F)(F)F)c(Cl)cc3NC(=O)O)c2)ccn1. The van der Waals surface area contributed by atoms with Gasteiger partial charge in [0.2, 0.25) is 5.91 Å². The van der Waals surface area contributed by atoms with Crippen LogP contribution in [0.1, 0.15) is 35.0 Å². The van der Waals surface area contributed by atoms with Crippen molar-refractivity contribution in [2.24, 2.45) is 0 Å². The monoisotopic (exact) mass is 505 g/mol. The second-order valence-electron chi connectivity index (χ2n) is 7.42. The van der Waals surface area contributed by atoms with E-state index in [9.17, 15) is 27.6 Å². The zero-order valence-corrected chi connectivity index (χ0v) is 19.0. The quantitative estimate of drug-likeness (QED) is 0.258. The maximum absolute atomic E-state index is 13.2. The minimum atomic E-state index is -4.85. The van der Waals surface area contributed by atoms with Crippen LogP contribution in [-0.2, 0) is 17.4 Å². The molecule has 0 unspecified atom stereocenters. The third kappa shape index (κ3) is 6.57. The summed E-state index contributed by atoms with van der Waals surface area (Å²) in [5.74, 6) is -1.51. The van der Waals surface area contributed by atoms with Gasteiger partial charge in [0.1, 0.15) is 0 Å². The van der Waals surface area contributed by atoms with Gasteiger partial charge in [-0.15, -0.1) is 0 Å². The Morgan fingerprint density at radius 1 is 1.00 bits per heavy atom. The predicted octanol–water partition coefficient (Wildman–Crippen LogP) is 6.28. The van der Waals surface area contributed by atoms with E-state index in [1.54, 1.807) is 30.5 Å². The summed E-state index contributed by atoms with van der Waals surface area (Å²) in [5.41, 5.74) is 0.527. The third-order valence-electron chi connectivity index (χ3n) is 4.95. The lowest BCUT2D eigenvalue weighted by Gasteiger charge is -2.16. The third-order valence-corrected chi connectivity index (χ3v) is 5.26. The molecular weight excluding hydrogens is 487 g/mol. The molecule has 3 aromatic rings. The first kappa shape index (κ1) is 25.7. The van der Waals surface area contributed by atoms with E-state index in [0.29, 0.717) is 6.07 Å². The molecule has 11 heteroatoms. The first-order valence-electron chi connectivity index (χ1n) is 10.3. The number of benzene rings is 2. The standard InChI is InChI=1S/C24H19ClF3N3O4/c1-2-16-9-14(6-7-29-16)13-4-3-5-15(8-13)21(32)12-22(33)30-19-10-17(24(26,27)28)18(25)11-20(19)31-23(34)35/h3-11,31H,2,12H2,1H3,(H,30,33)(H,34,35). The van der Waals surface area contributed by atoms with Gasteiger partial charge in [-0.25, -0.2) is 4.79 Å². The maximum atomic E-state index is 13.2. The van der Waals surface area contributed by atoms with E-state index in [1.165, 1.54) is 6.07 Å². The van der Waals surface area contributed by atoms with Crippen molar-refractivity contribution in [3.05, 3.63) is 76.6 Å². The molecule has 0 aliphatic rings. The fraction of sp³-hybridized carbons (Fsp3) is 0.167. The number of aromatic nitrogens is 1. The number of amides is 2. The van der Waals surface area contributed by atoms with Crippen molar-refractivity contribution in [2.75, 3.05) is 10.6 Å². The molecule has 0 atom stereocenters. The Hall–Kier alpha value is -3.92. The van der Waals surface area contributed by atoms with Crippen LogP contribution in [0.5, 0.6) is 0 Å². The van der Waals surface area contributed by atoms with Gasteiger partial charge in [0.15, 0.2) is 5.78 Å². The number of rotatable bonds is 7. The maximum Gasteiger partial charge on any atom is 0.417 e. The van der Waals surface area contributed by atoms with E-state index in [2.05, 4.69) is 10.3 Å². The molecule has 1 heterocycles. The Kier molecular flexibility index (Phi) is 7.75. The highest BCUT2D eigenvalue weighted by molar-refractivity contribution is 6.32. The van der Waals surface area contributed by atoms with Crippen LogP contribution in [0.3, 0.4) is 0 Å². The number of anilines is 2. The Labute approximate surface area is 202 Å². The fourth-order valence-corrected chi connectivity index (χ4v) is 3.55. The first-order chi connectivity index (χ1) is 16.5. The summed E-state index contributed by atoms with van der Waals surface area (Å²) >= 11 is 5.63. The van der Waals surface area contributed by atoms with Gasteiger partial charge < -0.3 is 10.4 Å². The van der Waals surface area contributed by atoms with Crippen LogP contribution in [0.25, 0.3) is 11.1 Å². The van der Waals surface area contributed by atoms with E-state index in [-0.39, 0.29) is 11.3 Å². The Balaban J connectivity index is 1.82. The smallest absolute Gasteiger partial charge is 0.417 e. The number of alkyl halides is 3. The van der Waals surface area contributed by atoms with E-state index in [1.807, 2.05) is 18.3 Å². The normalized spacial score (nSPS) is 11.1. The van der Waals surface area contributed by atoms with Gasteiger partial charge in [-0.05, 0) is 47.9 Å². The summed E-state index contributed by atoms with van der Waals surface area (Å²) in [6, 6.07) is 11.5. The predicted molar refractivity (Wildman–Crippen MR) is 125 cm³/mol. The minimum absolute atomic E-state index is 0.225. The van der Waals surface area contributed by atoms with Crippen molar-refractivity contribution in [1.29, 1.82) is 0 Å². The van der Waals surface area contributed by atoms with Crippen molar-refractivity contribution in [3.63, 3.8) is 0 Å². The number of hydrogen-bond donors (Lipinski definition) is 3. The van der Waals surface area contributed by atoms with Gasteiger partial charge in [0.05, 0.1) is 28.4 Å². The van der Waals surface area contributed by atoms with Crippen molar-refractivity contribution in [1.82, 2.24) is 4.98 Å². The summed E-state index contributed by atoms with van der Waals surface area (Å²) in [4.78, 5) is 40.4. The van der Waals surface area contributed by atoms with Gasteiger partial charge in [0, 0.05) is 17.5 Å². The van der Waals surface area contributed by atoms with Crippen LogP contribution in [0, 0.1) is 0 Å². The lowest BCUT2D eigenvalue weighted by Crippen LogP contribution is -2.19. The molecule has 0 aliphatic carbocycles. The number of aryl methyl sites for hydroxylation is 1. The van der Waals surface area contributed by atoms with E-state index in [4.69, 9.17) is 16.7 Å². The van der Waals surface area contributed by atoms with Crippen LogP contribution in [0.15, 0.2) is 54.7 Å². The van der Waals surface area contributed by atoms with Crippen LogP contribution >= 0.6 is 11.6 Å². The van der Waals surface area contributed by atoms with Gasteiger partial charge in [-0.1, -0.05) is 36.7 Å². The summed E-state index contributed by atoms with van der Waals surface area (Å²) in [6.45, 7) is 1.96. The van der Waals surface area contributed by atoms with Crippen LogP contribution < -0.4 is 10.6 Å². The molecule has 0 fully saturated rings. The molecule has 0 radical (unpaired) electrons. The van der Waals surface area contributed by atoms with E-state index >= 15 is 0 Å². The number of Topliss-reactive ketones (excluding diaryl/α,β-unsaturated/α-hetero) is 1. The minimum Gasteiger partial charge on any atom is -0.465 e. The Morgan fingerprint density at radius 2 is 1.69 bits per heavy atom. The molecule has 0 saturated heterocycles. The summed E-state index contributed by atoms with van der Waals surface area (Å²) < 4.78 is 39.7. The zero-order chi connectivity index (χ0) is 25.8. The average Bonchev–Trinajstić information content (AvgIpc) is 2.79. The molecule has 0 spiro atoms. The Bertz CT molecular complexity index is 1300. The lowest BCUT2D eigenvalue weighted by molar-refractivity contribution is -0.137. The van der Waals surface area contributed by atoms with Crippen molar-refractivity contribution >= 4 is 40.8 Å². The largest absolute Gasteiger partial charge is 0.465 e. The molecule has 2 aromatic carbocycles. The van der Waals surface area contributed by atoms with Crippen molar-refractivity contribution < 1.29 is 32.7 Å². The van der Waals surface area contributed by atoms with Crippen molar-refractivity contribution in [3.8, 4) is 11.1 Å². The number of pyridine rings is 1. The molecule has 3 N–H and O–H groups in total. The second kappa shape index (κ2) is 10.6. The van der Waals surface area contributed by atoms with Gasteiger partial charge in [-0.3, -0.25) is 19.9 Å². The molecule has 0 bridgehead atoms. The highest BCUT2D eigenvalue weighted by Gasteiger charge is 2.34. The highest BCUT2D eigenvalue weighted by atomic mass is 35.5. The highest BCUT2D eigenvalue weighted by Crippen LogP contribution is 2.39. The second-order valence-corrected chi connectivity index (χ2v) is 7.83. The number of nitrogens with one attached hydrogen (secondary N) is 2. The molecular formula is C24H19ClF3N3O4. The first-order valence-corrected chi connectivity index (χ1v) is 10.6. The number of carboxylic acid groups (broad SMARTS) is 1. The molecule has 0 aliphatic heterocycles. The molecule has 3 rings (SSSR count). The average molecular weight is 506 g/mol. The summed E-state index contributed by atoms with van der Waals surface area (Å²) in [7, 11) is 0. The summed E-state index contributed by atoms with van der Waals surface area (Å²) in [5, 5.41) is 12.2. The lowest BCUT2D eigenvalue weighted by atomic mass is 10.00. The van der Waals surface area contributed by atoms with Gasteiger partial charge in [0.25, 0.3) is 0 Å². The number of carbonyl (C=O) groups is 3. The molecule has 7 nitrogen and oxygen atoms in total. The van der Waals surface area contributed by atoms with E-state index in [0.717, 1.165) is 29.3 Å². The van der Waals surface area contributed by atoms with Crippen LogP contribution in [0.2, 0.25) is 5.02 Å². The van der Waals surface area contributed by atoms with Crippen LogP contribution in [-0.4, -0.2) is 27.9 Å². The van der Waals surface area contributed by atoms with Crippen LogP contribution in [0.4, 0.5) is 29.3 Å². The van der Waals surface area contributed by atoms with E-state index < -0.39 is 46.7 Å². The molecule has 0 saturated carbocycles.